The first-order valence-electron chi connectivity index (χ1n) is 7.29. The van der Waals surface area contributed by atoms with Gasteiger partial charge >= 0.3 is 0 Å². The Balaban J connectivity index is 1.77. The number of rotatable bonds is 3. The Labute approximate surface area is 130 Å². The van der Waals surface area contributed by atoms with E-state index in [0.29, 0.717) is 12.3 Å². The van der Waals surface area contributed by atoms with Crippen LogP contribution in [0.3, 0.4) is 0 Å². The van der Waals surface area contributed by atoms with Crippen molar-refractivity contribution in [2.24, 2.45) is 0 Å². The van der Waals surface area contributed by atoms with Gasteiger partial charge in [-0.15, -0.1) is 0 Å². The minimum absolute atomic E-state index is 0.161. The minimum Gasteiger partial charge on any atom is -0.426 e. The summed E-state index contributed by atoms with van der Waals surface area (Å²) in [5.41, 5.74) is 2.18. The van der Waals surface area contributed by atoms with Crippen LogP contribution in [0.4, 0.5) is 5.69 Å². The molecule has 0 bridgehead atoms. The van der Waals surface area contributed by atoms with E-state index in [1.807, 2.05) is 19.1 Å². The highest BCUT2D eigenvalue weighted by molar-refractivity contribution is 7.80. The average Bonchev–Trinajstić information content (AvgIpc) is 3.10. The summed E-state index contributed by atoms with van der Waals surface area (Å²) in [6.45, 7) is 4.66. The first-order chi connectivity index (χ1) is 10.2. The molecule has 0 aliphatic carbocycles. The monoisotopic (exact) mass is 302 g/mol. The summed E-state index contributed by atoms with van der Waals surface area (Å²) in [5, 5.41) is 0.238. The number of benzene rings is 1. The summed E-state index contributed by atoms with van der Waals surface area (Å²) in [7, 11) is 0. The van der Waals surface area contributed by atoms with Crippen molar-refractivity contribution in [3.05, 3.63) is 35.6 Å². The van der Waals surface area contributed by atoms with Crippen LogP contribution in [-0.4, -0.2) is 35.6 Å². The van der Waals surface area contributed by atoms with Crippen molar-refractivity contribution < 1.29 is 9.53 Å². The summed E-state index contributed by atoms with van der Waals surface area (Å²) in [5.74, 6) is 0.141. The van der Waals surface area contributed by atoms with Gasteiger partial charge in [-0.05, 0) is 55.8 Å². The molecule has 2 heterocycles. The zero-order valence-corrected chi connectivity index (χ0v) is 12.9. The van der Waals surface area contributed by atoms with Crippen molar-refractivity contribution in [1.82, 2.24) is 4.90 Å². The smallest absolute Gasteiger partial charge is 0.297 e. The Kier molecular flexibility index (Phi) is 3.92. The molecule has 2 fully saturated rings. The summed E-state index contributed by atoms with van der Waals surface area (Å²) in [6.07, 6.45) is 4.27. The van der Waals surface area contributed by atoms with Gasteiger partial charge in [0, 0.05) is 25.3 Å². The lowest BCUT2D eigenvalue weighted by Crippen LogP contribution is -2.27. The Hall–Kier alpha value is -1.88. The first-order valence-corrected chi connectivity index (χ1v) is 7.70. The van der Waals surface area contributed by atoms with Gasteiger partial charge in [-0.2, -0.15) is 0 Å². The van der Waals surface area contributed by atoms with Crippen molar-refractivity contribution in [3.8, 4) is 0 Å². The Morgan fingerprint density at radius 1 is 1.24 bits per heavy atom. The molecule has 0 saturated carbocycles. The quantitative estimate of drug-likeness (QED) is 0.635. The highest BCUT2D eigenvalue weighted by atomic mass is 32.1. The van der Waals surface area contributed by atoms with Gasteiger partial charge < -0.3 is 9.64 Å². The van der Waals surface area contributed by atoms with Gasteiger partial charge in [0.15, 0.2) is 5.76 Å². The molecule has 0 atom stereocenters. The zero-order valence-electron chi connectivity index (χ0n) is 12.0. The van der Waals surface area contributed by atoms with Crippen LogP contribution >= 0.6 is 12.2 Å². The largest absolute Gasteiger partial charge is 0.426 e. The maximum absolute atomic E-state index is 12.1. The zero-order chi connectivity index (χ0) is 14.8. The fourth-order valence-corrected chi connectivity index (χ4v) is 2.98. The molecule has 5 heteroatoms. The molecule has 0 radical (unpaired) electrons. The molecule has 1 aromatic carbocycles. The number of ether oxygens (including phenoxy) is 1. The van der Waals surface area contributed by atoms with Crippen LogP contribution in [0.2, 0.25) is 0 Å². The van der Waals surface area contributed by atoms with E-state index in [0.717, 1.165) is 18.7 Å². The third kappa shape index (κ3) is 2.78. The van der Waals surface area contributed by atoms with Crippen LogP contribution in [0.1, 0.15) is 25.3 Å². The normalized spacial score (nSPS) is 20.5. The first kappa shape index (κ1) is 14.1. The van der Waals surface area contributed by atoms with Crippen molar-refractivity contribution in [1.29, 1.82) is 0 Å². The van der Waals surface area contributed by atoms with Crippen LogP contribution in [0, 0.1) is 0 Å². The van der Waals surface area contributed by atoms with Gasteiger partial charge in [-0.25, -0.2) is 0 Å². The fraction of sp³-hybridized carbons (Fsp3) is 0.375. The molecule has 110 valence electrons. The van der Waals surface area contributed by atoms with E-state index < -0.39 is 0 Å². The lowest BCUT2D eigenvalue weighted by atomic mass is 10.1. The predicted molar refractivity (Wildman–Crippen MR) is 86.9 cm³/mol. The van der Waals surface area contributed by atoms with Gasteiger partial charge in [0.25, 0.3) is 11.1 Å². The van der Waals surface area contributed by atoms with Crippen molar-refractivity contribution in [2.75, 3.05) is 24.5 Å². The van der Waals surface area contributed by atoms with Gasteiger partial charge in [-0.3, -0.25) is 9.69 Å². The molecule has 2 aliphatic heterocycles. The van der Waals surface area contributed by atoms with E-state index in [2.05, 4.69) is 17.0 Å². The van der Waals surface area contributed by atoms with Gasteiger partial charge in [0.05, 0.1) is 0 Å². The third-order valence-corrected chi connectivity index (χ3v) is 4.16. The fourth-order valence-electron chi connectivity index (χ4n) is 2.68. The molecule has 1 aromatic rings. The number of likely N-dealkylation sites (N-methyl/N-ethyl adjacent to an activating group) is 1. The van der Waals surface area contributed by atoms with Gasteiger partial charge in [0.2, 0.25) is 0 Å². The number of thiocarbonyl (C=S) groups is 1. The molecule has 0 aromatic heterocycles. The molecular weight excluding hydrogens is 284 g/mol. The molecule has 2 aliphatic rings. The van der Waals surface area contributed by atoms with E-state index in [1.54, 1.807) is 6.08 Å². The number of carbonyl (C=O) groups excluding carboxylic acids is 1. The average molecular weight is 302 g/mol. The Morgan fingerprint density at radius 3 is 2.48 bits per heavy atom. The third-order valence-electron chi connectivity index (χ3n) is 3.85. The highest BCUT2D eigenvalue weighted by Gasteiger charge is 2.31. The van der Waals surface area contributed by atoms with Crippen LogP contribution in [0.15, 0.2) is 30.0 Å². The van der Waals surface area contributed by atoms with Crippen LogP contribution in [0.5, 0.6) is 0 Å². The molecule has 0 spiro atoms. The van der Waals surface area contributed by atoms with Crippen molar-refractivity contribution in [2.45, 2.75) is 19.8 Å². The molecule has 1 amide bonds. The predicted octanol–water partition coefficient (Wildman–Crippen LogP) is 2.79. The number of nitrogens with zero attached hydrogens (tertiary/aromatic N) is 2. The number of anilines is 1. The SMILES string of the molecule is CCN1C(=O)C(=Cc2ccc(N3CCCC3)cc2)OC1=S. The van der Waals surface area contributed by atoms with Crippen LogP contribution in [-0.2, 0) is 9.53 Å². The maximum Gasteiger partial charge on any atom is 0.297 e. The molecule has 4 nitrogen and oxygen atoms in total. The highest BCUT2D eigenvalue weighted by Crippen LogP contribution is 2.23. The summed E-state index contributed by atoms with van der Waals surface area (Å²) in [4.78, 5) is 15.9. The number of amides is 1. The van der Waals surface area contributed by atoms with E-state index >= 15 is 0 Å². The van der Waals surface area contributed by atoms with Crippen LogP contribution < -0.4 is 4.90 Å². The molecule has 0 N–H and O–H groups in total. The topological polar surface area (TPSA) is 32.8 Å². The molecule has 0 unspecified atom stereocenters. The summed E-state index contributed by atoms with van der Waals surface area (Å²) < 4.78 is 5.37. The van der Waals surface area contributed by atoms with E-state index in [4.69, 9.17) is 17.0 Å². The van der Waals surface area contributed by atoms with Crippen LogP contribution in [0.25, 0.3) is 6.08 Å². The lowest BCUT2D eigenvalue weighted by molar-refractivity contribution is -0.122. The van der Waals surface area contributed by atoms with E-state index in [1.165, 1.54) is 23.4 Å². The molecule has 21 heavy (non-hydrogen) atoms. The minimum atomic E-state index is -0.161. The summed E-state index contributed by atoms with van der Waals surface area (Å²) in [6, 6.07) is 8.20. The lowest BCUT2D eigenvalue weighted by Gasteiger charge is -2.17. The Bertz CT molecular complexity index is 589. The second-order valence-electron chi connectivity index (χ2n) is 5.21. The van der Waals surface area contributed by atoms with E-state index in [9.17, 15) is 4.79 Å². The maximum atomic E-state index is 12.1. The van der Waals surface area contributed by atoms with Crippen molar-refractivity contribution >= 4 is 35.1 Å². The van der Waals surface area contributed by atoms with Gasteiger partial charge in [0.1, 0.15) is 0 Å². The van der Waals surface area contributed by atoms with Crippen molar-refractivity contribution in [3.63, 3.8) is 0 Å². The molecular formula is C16H18N2O2S. The number of carbonyl (C=O) groups is 1. The van der Waals surface area contributed by atoms with Gasteiger partial charge in [-0.1, -0.05) is 12.1 Å². The number of hydrogen-bond donors (Lipinski definition) is 0. The van der Waals surface area contributed by atoms with E-state index in [-0.39, 0.29) is 11.1 Å². The second-order valence-corrected chi connectivity index (χ2v) is 5.56. The summed E-state index contributed by atoms with van der Waals surface area (Å²) >= 11 is 5.04. The second kappa shape index (κ2) is 5.85. The Morgan fingerprint density at radius 2 is 1.90 bits per heavy atom. The molecule has 3 rings (SSSR count). The standard InChI is InChI=1S/C16H18N2O2S/c1-2-18-15(19)14(20-16(18)21)11-12-5-7-13(8-6-12)17-9-3-4-10-17/h5-8,11H,2-4,9-10H2,1H3. The molecule has 2 saturated heterocycles. The number of hydrogen-bond acceptors (Lipinski definition) is 4.